The molecule has 0 radical (unpaired) electrons. The number of hydrogen-bond donors (Lipinski definition) is 1. The summed E-state index contributed by atoms with van der Waals surface area (Å²) in [7, 11) is 0. The summed E-state index contributed by atoms with van der Waals surface area (Å²) in [5.74, 6) is -1.95. The van der Waals surface area contributed by atoms with Gasteiger partial charge in [-0.3, -0.25) is 0 Å². The molecule has 0 aliphatic heterocycles. The lowest BCUT2D eigenvalue weighted by atomic mass is 9.98. The highest BCUT2D eigenvalue weighted by molar-refractivity contribution is 5.80. The summed E-state index contributed by atoms with van der Waals surface area (Å²) in [5.41, 5.74) is 2.77. The zero-order valence-corrected chi connectivity index (χ0v) is 17.3. The van der Waals surface area contributed by atoms with E-state index in [1.54, 1.807) is 0 Å². The van der Waals surface area contributed by atoms with Crippen LogP contribution in [0.15, 0.2) is 72.8 Å². The number of carboxylic acid groups (broad SMARTS) is 1. The second-order valence-corrected chi connectivity index (χ2v) is 7.70. The first-order chi connectivity index (χ1) is 15.8. The smallest absolute Gasteiger partial charge is 0.416 e. The van der Waals surface area contributed by atoms with Crippen molar-refractivity contribution in [2.45, 2.75) is 24.6 Å². The third kappa shape index (κ3) is 4.69. The van der Waals surface area contributed by atoms with Gasteiger partial charge in [-0.2, -0.15) is 13.2 Å². The minimum atomic E-state index is -4.66. The number of alkyl halides is 3. The van der Waals surface area contributed by atoms with Crippen LogP contribution in [0.2, 0.25) is 0 Å². The van der Waals surface area contributed by atoms with Gasteiger partial charge in [0.25, 0.3) is 0 Å². The van der Waals surface area contributed by atoms with Crippen LogP contribution in [0.4, 0.5) is 18.0 Å². The second kappa shape index (κ2) is 8.97. The molecule has 0 saturated carbocycles. The number of nitrogens with one attached hydrogen (secondary N) is 1. The highest BCUT2D eigenvalue weighted by Crippen LogP contribution is 2.44. The summed E-state index contributed by atoms with van der Waals surface area (Å²) in [6, 6.07) is 18.3. The summed E-state index contributed by atoms with van der Waals surface area (Å²) >= 11 is 0. The van der Waals surface area contributed by atoms with E-state index in [0.717, 1.165) is 34.4 Å². The molecule has 0 heterocycles. The predicted molar refractivity (Wildman–Crippen MR) is 112 cm³/mol. The van der Waals surface area contributed by atoms with E-state index in [9.17, 15) is 27.9 Å². The van der Waals surface area contributed by atoms with Crippen molar-refractivity contribution in [2.75, 3.05) is 6.61 Å². The van der Waals surface area contributed by atoms with Crippen LogP contribution in [0.1, 0.15) is 28.2 Å². The average Bonchev–Trinajstić information content (AvgIpc) is 3.10. The Morgan fingerprint density at radius 1 is 0.909 bits per heavy atom. The van der Waals surface area contributed by atoms with Crippen LogP contribution in [0.3, 0.4) is 0 Å². The Morgan fingerprint density at radius 2 is 1.45 bits per heavy atom. The maximum Gasteiger partial charge on any atom is 0.416 e. The molecule has 5 nitrogen and oxygen atoms in total. The van der Waals surface area contributed by atoms with E-state index in [1.807, 2.05) is 48.5 Å². The molecule has 3 aromatic carbocycles. The SMILES string of the molecule is O=C(N[C@@H](Cc1ccccc1C(F)(F)F)C(=O)[O-])OCC1c2ccccc2-c2ccccc21. The average molecular weight is 454 g/mol. The molecular formula is C25H19F3NO4-. The van der Waals surface area contributed by atoms with Gasteiger partial charge in [0, 0.05) is 5.92 Å². The fourth-order valence-electron chi connectivity index (χ4n) is 4.17. The quantitative estimate of drug-likeness (QED) is 0.613. The molecule has 1 N–H and O–H groups in total. The maximum atomic E-state index is 13.2. The summed E-state index contributed by atoms with van der Waals surface area (Å²) in [6.07, 6.45) is -6.30. The van der Waals surface area contributed by atoms with Crippen LogP contribution in [-0.4, -0.2) is 24.7 Å². The number of rotatable bonds is 6. The molecule has 1 aliphatic carbocycles. The number of hydrogen-bond acceptors (Lipinski definition) is 4. The van der Waals surface area contributed by atoms with Gasteiger partial charge in [-0.15, -0.1) is 0 Å². The Bertz CT molecular complexity index is 1150. The minimum absolute atomic E-state index is 0.0568. The monoisotopic (exact) mass is 454 g/mol. The third-order valence-corrected chi connectivity index (χ3v) is 5.67. The van der Waals surface area contributed by atoms with Crippen molar-refractivity contribution in [2.24, 2.45) is 0 Å². The van der Waals surface area contributed by atoms with Gasteiger partial charge in [-0.25, -0.2) is 4.79 Å². The van der Waals surface area contributed by atoms with Crippen molar-refractivity contribution in [1.82, 2.24) is 5.32 Å². The van der Waals surface area contributed by atoms with Gasteiger partial charge in [0.2, 0.25) is 0 Å². The molecule has 8 heteroatoms. The molecule has 1 aliphatic rings. The fourth-order valence-corrected chi connectivity index (χ4v) is 4.17. The molecule has 0 aromatic heterocycles. The fraction of sp³-hybridized carbons (Fsp3) is 0.200. The van der Waals surface area contributed by atoms with Gasteiger partial charge in [0.15, 0.2) is 0 Å². The summed E-state index contributed by atoms with van der Waals surface area (Å²) in [5, 5.41) is 13.7. The third-order valence-electron chi connectivity index (χ3n) is 5.67. The molecule has 33 heavy (non-hydrogen) atoms. The number of carbonyl (C=O) groups is 2. The number of carbonyl (C=O) groups excluding carboxylic acids is 2. The van der Waals surface area contributed by atoms with Crippen molar-refractivity contribution in [3.8, 4) is 11.1 Å². The van der Waals surface area contributed by atoms with Gasteiger partial charge in [-0.05, 0) is 40.3 Å². The normalized spacial score (nSPS) is 13.7. The number of alkyl carbamates (subject to hydrolysis) is 1. The van der Waals surface area contributed by atoms with Gasteiger partial charge < -0.3 is 20.0 Å². The van der Waals surface area contributed by atoms with Crippen LogP contribution < -0.4 is 10.4 Å². The van der Waals surface area contributed by atoms with E-state index < -0.39 is 36.3 Å². The van der Waals surface area contributed by atoms with Crippen molar-refractivity contribution in [1.29, 1.82) is 0 Å². The Labute approximate surface area is 187 Å². The lowest BCUT2D eigenvalue weighted by Gasteiger charge is -2.22. The maximum absolute atomic E-state index is 13.2. The molecular weight excluding hydrogens is 435 g/mol. The highest BCUT2D eigenvalue weighted by Gasteiger charge is 2.34. The Hall–Kier alpha value is -3.81. The lowest BCUT2D eigenvalue weighted by molar-refractivity contribution is -0.308. The second-order valence-electron chi connectivity index (χ2n) is 7.70. The number of carboxylic acids is 1. The first-order valence-electron chi connectivity index (χ1n) is 10.2. The van der Waals surface area contributed by atoms with E-state index in [0.29, 0.717) is 0 Å². The number of fused-ring (bicyclic) bond motifs is 3. The van der Waals surface area contributed by atoms with Crippen LogP contribution in [0.5, 0.6) is 0 Å². The van der Waals surface area contributed by atoms with Crippen molar-refractivity contribution in [3.05, 3.63) is 95.1 Å². The van der Waals surface area contributed by atoms with E-state index in [4.69, 9.17) is 4.74 Å². The molecule has 0 saturated heterocycles. The molecule has 3 aromatic rings. The molecule has 0 spiro atoms. The minimum Gasteiger partial charge on any atom is -0.548 e. The number of ether oxygens (including phenoxy) is 1. The van der Waals surface area contributed by atoms with Crippen molar-refractivity contribution < 1.29 is 32.6 Å². The molecule has 0 unspecified atom stereocenters. The van der Waals surface area contributed by atoms with E-state index in [1.165, 1.54) is 12.1 Å². The summed E-state index contributed by atoms with van der Waals surface area (Å²) in [6.45, 7) is -0.0568. The molecule has 0 bridgehead atoms. The molecule has 4 rings (SSSR count). The van der Waals surface area contributed by atoms with Gasteiger partial charge in [-0.1, -0.05) is 66.7 Å². The summed E-state index contributed by atoms with van der Waals surface area (Å²) < 4.78 is 45.0. The number of aliphatic carboxylic acids is 1. The van der Waals surface area contributed by atoms with Crippen LogP contribution in [-0.2, 0) is 22.1 Å². The van der Waals surface area contributed by atoms with Crippen LogP contribution in [0, 0.1) is 0 Å². The lowest BCUT2D eigenvalue weighted by Crippen LogP contribution is -2.49. The molecule has 1 atom stereocenters. The summed E-state index contributed by atoms with van der Waals surface area (Å²) in [4.78, 5) is 23.9. The molecule has 1 amide bonds. The predicted octanol–water partition coefficient (Wildman–Crippen LogP) is 3.91. The highest BCUT2D eigenvalue weighted by atomic mass is 19.4. The van der Waals surface area contributed by atoms with Crippen LogP contribution >= 0.6 is 0 Å². The molecule has 170 valence electrons. The van der Waals surface area contributed by atoms with Crippen LogP contribution in [0.25, 0.3) is 11.1 Å². The first-order valence-corrected chi connectivity index (χ1v) is 10.2. The molecule has 0 fully saturated rings. The first kappa shape index (κ1) is 22.4. The van der Waals surface area contributed by atoms with E-state index in [2.05, 4.69) is 5.32 Å². The van der Waals surface area contributed by atoms with E-state index in [-0.39, 0.29) is 18.1 Å². The number of amides is 1. The zero-order chi connectivity index (χ0) is 23.6. The largest absolute Gasteiger partial charge is 0.548 e. The van der Waals surface area contributed by atoms with Gasteiger partial charge >= 0.3 is 12.3 Å². The van der Waals surface area contributed by atoms with Crippen molar-refractivity contribution >= 4 is 12.1 Å². The number of halogens is 3. The standard InChI is InChI=1S/C25H20F3NO4/c26-25(27,28)21-12-6-1-7-15(21)13-22(23(30)31)29-24(32)33-14-20-18-10-4-2-8-16(18)17-9-3-5-11-19(17)20/h1-12,20,22H,13-14H2,(H,29,32)(H,30,31)/p-1/t22-/m0/s1. The number of benzene rings is 3. The Morgan fingerprint density at radius 3 is 2.03 bits per heavy atom. The van der Waals surface area contributed by atoms with Gasteiger partial charge in [0.05, 0.1) is 17.6 Å². The Kier molecular flexibility index (Phi) is 6.09. The zero-order valence-electron chi connectivity index (χ0n) is 17.3. The van der Waals surface area contributed by atoms with Gasteiger partial charge in [0.1, 0.15) is 6.61 Å². The topological polar surface area (TPSA) is 78.5 Å². The Balaban J connectivity index is 1.46. The van der Waals surface area contributed by atoms with Crippen molar-refractivity contribution in [3.63, 3.8) is 0 Å². The van der Waals surface area contributed by atoms with E-state index >= 15 is 0 Å².